The van der Waals surface area contributed by atoms with E-state index < -0.39 is 12.0 Å². The number of carbonyl (C=O) groups is 2. The van der Waals surface area contributed by atoms with Crippen LogP contribution in [0.1, 0.15) is 22.8 Å². The highest BCUT2D eigenvalue weighted by molar-refractivity contribution is 5.96. The second-order valence-electron chi connectivity index (χ2n) is 6.11. The SMILES string of the molecule is COC(=O)[C@H](C)NC(=O)c1ccc(Cn2nnc(-c3ccc(O)cc3)n2)cc1. The Hall–Kier alpha value is -3.75. The number of ether oxygens (including phenoxy) is 1. The Morgan fingerprint density at radius 3 is 2.46 bits per heavy atom. The van der Waals surface area contributed by atoms with Crippen LogP contribution in [0.15, 0.2) is 48.5 Å². The van der Waals surface area contributed by atoms with Gasteiger partial charge in [-0.15, -0.1) is 10.2 Å². The van der Waals surface area contributed by atoms with Gasteiger partial charge >= 0.3 is 5.97 Å². The number of amides is 1. The molecule has 0 aliphatic rings. The lowest BCUT2D eigenvalue weighted by molar-refractivity contribution is -0.142. The topological polar surface area (TPSA) is 119 Å². The largest absolute Gasteiger partial charge is 0.508 e. The molecule has 0 unspecified atom stereocenters. The Labute approximate surface area is 160 Å². The van der Waals surface area contributed by atoms with Crippen molar-refractivity contribution in [3.05, 3.63) is 59.7 Å². The number of phenolic OH excluding ortho intramolecular Hbond substituents is 1. The second kappa shape index (κ2) is 8.30. The predicted molar refractivity (Wildman–Crippen MR) is 99.4 cm³/mol. The van der Waals surface area contributed by atoms with Crippen LogP contribution in [-0.2, 0) is 16.1 Å². The summed E-state index contributed by atoms with van der Waals surface area (Å²) in [4.78, 5) is 25.0. The van der Waals surface area contributed by atoms with E-state index in [0.717, 1.165) is 11.1 Å². The molecule has 0 bridgehead atoms. The summed E-state index contributed by atoms with van der Waals surface area (Å²) < 4.78 is 4.59. The van der Waals surface area contributed by atoms with E-state index in [1.165, 1.54) is 11.9 Å². The third-order valence-electron chi connectivity index (χ3n) is 4.02. The summed E-state index contributed by atoms with van der Waals surface area (Å²) in [6, 6.07) is 12.7. The van der Waals surface area contributed by atoms with Crippen LogP contribution >= 0.6 is 0 Å². The minimum atomic E-state index is -0.727. The van der Waals surface area contributed by atoms with Crippen molar-refractivity contribution in [2.24, 2.45) is 0 Å². The quantitative estimate of drug-likeness (QED) is 0.619. The maximum atomic E-state index is 12.2. The summed E-state index contributed by atoms with van der Waals surface area (Å²) in [6.45, 7) is 1.94. The number of aromatic nitrogens is 4. The van der Waals surface area contributed by atoms with E-state index in [4.69, 9.17) is 0 Å². The highest BCUT2D eigenvalue weighted by Gasteiger charge is 2.16. The molecule has 1 amide bonds. The van der Waals surface area contributed by atoms with Gasteiger partial charge in [0.1, 0.15) is 11.8 Å². The van der Waals surface area contributed by atoms with Crippen LogP contribution in [0.5, 0.6) is 5.75 Å². The van der Waals surface area contributed by atoms with Crippen LogP contribution in [0, 0.1) is 0 Å². The first-order chi connectivity index (χ1) is 13.5. The maximum Gasteiger partial charge on any atom is 0.328 e. The van der Waals surface area contributed by atoms with E-state index in [1.54, 1.807) is 55.5 Å². The summed E-state index contributed by atoms with van der Waals surface area (Å²) in [5.41, 5.74) is 2.05. The monoisotopic (exact) mass is 381 g/mol. The van der Waals surface area contributed by atoms with E-state index in [9.17, 15) is 14.7 Å². The van der Waals surface area contributed by atoms with Gasteiger partial charge in [0, 0.05) is 11.1 Å². The van der Waals surface area contributed by atoms with Gasteiger partial charge in [0.05, 0.1) is 13.7 Å². The predicted octanol–water partition coefficient (Wildman–Crippen LogP) is 1.39. The normalized spacial score (nSPS) is 11.6. The zero-order valence-corrected chi connectivity index (χ0v) is 15.4. The summed E-state index contributed by atoms with van der Waals surface area (Å²) in [5.74, 6) is -0.251. The van der Waals surface area contributed by atoms with Gasteiger partial charge in [-0.05, 0) is 54.1 Å². The molecule has 3 aromatic rings. The van der Waals surface area contributed by atoms with Crippen LogP contribution in [0.25, 0.3) is 11.4 Å². The molecule has 9 nitrogen and oxygen atoms in total. The lowest BCUT2D eigenvalue weighted by Crippen LogP contribution is -2.39. The molecule has 0 spiro atoms. The van der Waals surface area contributed by atoms with Gasteiger partial charge in [0.2, 0.25) is 5.82 Å². The average Bonchev–Trinajstić information content (AvgIpc) is 3.16. The van der Waals surface area contributed by atoms with Gasteiger partial charge in [-0.1, -0.05) is 12.1 Å². The summed E-state index contributed by atoms with van der Waals surface area (Å²) in [6.07, 6.45) is 0. The Bertz CT molecular complexity index is 967. The number of phenols is 1. The zero-order valence-electron chi connectivity index (χ0n) is 15.4. The smallest absolute Gasteiger partial charge is 0.328 e. The number of carbonyl (C=O) groups excluding carboxylic acids is 2. The molecule has 2 aromatic carbocycles. The minimum Gasteiger partial charge on any atom is -0.508 e. The van der Waals surface area contributed by atoms with Gasteiger partial charge in [-0.2, -0.15) is 4.80 Å². The molecule has 144 valence electrons. The van der Waals surface area contributed by atoms with Crippen LogP contribution in [0.3, 0.4) is 0 Å². The first kappa shape index (κ1) is 19.0. The molecule has 1 atom stereocenters. The Kier molecular flexibility index (Phi) is 5.64. The first-order valence-electron chi connectivity index (χ1n) is 8.51. The van der Waals surface area contributed by atoms with Crippen LogP contribution in [-0.4, -0.2) is 50.3 Å². The van der Waals surface area contributed by atoms with Crippen molar-refractivity contribution in [3.63, 3.8) is 0 Å². The number of methoxy groups -OCH3 is 1. The fraction of sp³-hybridized carbons (Fsp3) is 0.211. The van der Waals surface area contributed by atoms with Crippen LogP contribution in [0.2, 0.25) is 0 Å². The molecule has 0 aliphatic carbocycles. The van der Waals surface area contributed by atoms with E-state index in [2.05, 4.69) is 25.5 Å². The van der Waals surface area contributed by atoms with Crippen molar-refractivity contribution in [2.45, 2.75) is 19.5 Å². The van der Waals surface area contributed by atoms with Gasteiger partial charge in [-0.3, -0.25) is 4.79 Å². The molecule has 0 fully saturated rings. The van der Waals surface area contributed by atoms with E-state index in [1.807, 2.05) is 0 Å². The standard InChI is InChI=1S/C19H19N5O4/c1-12(19(27)28-2)20-18(26)15-5-3-13(4-6-15)11-24-22-17(21-23-24)14-7-9-16(25)10-8-14/h3-10,12,25H,11H2,1-2H3,(H,20,26)/t12-/m0/s1. The van der Waals surface area contributed by atoms with Crippen molar-refractivity contribution in [1.82, 2.24) is 25.5 Å². The molecule has 1 heterocycles. The van der Waals surface area contributed by atoms with Crippen LogP contribution < -0.4 is 5.32 Å². The van der Waals surface area contributed by atoms with E-state index in [-0.39, 0.29) is 11.7 Å². The third kappa shape index (κ3) is 4.50. The number of benzene rings is 2. The number of hydrogen-bond donors (Lipinski definition) is 2. The van der Waals surface area contributed by atoms with Crippen molar-refractivity contribution >= 4 is 11.9 Å². The van der Waals surface area contributed by atoms with E-state index >= 15 is 0 Å². The number of esters is 1. The highest BCUT2D eigenvalue weighted by Crippen LogP contribution is 2.17. The van der Waals surface area contributed by atoms with Crippen molar-refractivity contribution in [3.8, 4) is 17.1 Å². The number of aromatic hydroxyl groups is 1. The molecule has 3 rings (SSSR count). The fourth-order valence-corrected chi connectivity index (χ4v) is 2.48. The molecule has 0 saturated heterocycles. The van der Waals surface area contributed by atoms with Crippen LogP contribution in [0.4, 0.5) is 0 Å². The van der Waals surface area contributed by atoms with Gasteiger partial charge < -0.3 is 15.2 Å². The summed E-state index contributed by atoms with van der Waals surface area (Å²) in [5, 5.41) is 24.2. The van der Waals surface area contributed by atoms with Gasteiger partial charge in [0.15, 0.2) is 0 Å². The molecule has 0 radical (unpaired) electrons. The Morgan fingerprint density at radius 2 is 1.82 bits per heavy atom. The van der Waals surface area contributed by atoms with Gasteiger partial charge in [0.25, 0.3) is 5.91 Å². The number of nitrogens with one attached hydrogen (secondary N) is 1. The second-order valence-corrected chi connectivity index (χ2v) is 6.11. The maximum absolute atomic E-state index is 12.2. The zero-order chi connectivity index (χ0) is 20.1. The minimum absolute atomic E-state index is 0.168. The molecule has 1 aromatic heterocycles. The molecular weight excluding hydrogens is 362 g/mol. The Balaban J connectivity index is 1.64. The Morgan fingerprint density at radius 1 is 1.14 bits per heavy atom. The van der Waals surface area contributed by atoms with Crippen molar-refractivity contribution < 1.29 is 19.4 Å². The molecule has 28 heavy (non-hydrogen) atoms. The lowest BCUT2D eigenvalue weighted by atomic mass is 10.1. The number of nitrogens with zero attached hydrogens (tertiary/aromatic N) is 4. The molecule has 0 saturated carbocycles. The highest BCUT2D eigenvalue weighted by atomic mass is 16.5. The molecular formula is C19H19N5O4. The average molecular weight is 381 g/mol. The number of tetrazole rings is 1. The third-order valence-corrected chi connectivity index (χ3v) is 4.02. The summed E-state index contributed by atoms with van der Waals surface area (Å²) in [7, 11) is 1.27. The molecule has 2 N–H and O–H groups in total. The molecule has 0 aliphatic heterocycles. The van der Waals surface area contributed by atoms with E-state index in [0.29, 0.717) is 17.9 Å². The fourth-order valence-electron chi connectivity index (χ4n) is 2.48. The molecule has 9 heteroatoms. The lowest BCUT2D eigenvalue weighted by Gasteiger charge is -2.11. The van der Waals surface area contributed by atoms with Crippen molar-refractivity contribution in [1.29, 1.82) is 0 Å². The summed E-state index contributed by atoms with van der Waals surface area (Å²) >= 11 is 0. The number of rotatable bonds is 6. The van der Waals surface area contributed by atoms with Crippen molar-refractivity contribution in [2.75, 3.05) is 7.11 Å². The first-order valence-corrected chi connectivity index (χ1v) is 8.51. The number of hydrogen-bond acceptors (Lipinski definition) is 7. The van der Waals surface area contributed by atoms with Gasteiger partial charge in [-0.25, -0.2) is 4.79 Å².